The molecular weight excluding hydrogens is 304 g/mol. The minimum absolute atomic E-state index is 0.105. The Morgan fingerprint density at radius 1 is 1.22 bits per heavy atom. The first-order chi connectivity index (χ1) is 11.0. The van der Waals surface area contributed by atoms with E-state index < -0.39 is 0 Å². The van der Waals surface area contributed by atoms with E-state index in [0.717, 1.165) is 29.5 Å². The van der Waals surface area contributed by atoms with Crippen molar-refractivity contribution in [3.05, 3.63) is 54.0 Å². The monoisotopic (exact) mass is 330 g/mol. The molecule has 0 saturated heterocycles. The van der Waals surface area contributed by atoms with Gasteiger partial charge in [-0.1, -0.05) is 26.0 Å². The summed E-state index contributed by atoms with van der Waals surface area (Å²) in [7, 11) is 0. The normalized spacial score (nSPS) is 12.2. The highest BCUT2D eigenvalue weighted by molar-refractivity contribution is 7.80. The number of anilines is 1. The zero-order valence-corrected chi connectivity index (χ0v) is 15.2. The number of hydrogen-bond acceptors (Lipinski definition) is 2. The first-order valence-electron chi connectivity index (χ1n) is 8.15. The summed E-state index contributed by atoms with van der Waals surface area (Å²) in [6.07, 6.45) is 2.80. The number of nitrogens with one attached hydrogen (secondary N) is 1. The van der Waals surface area contributed by atoms with Gasteiger partial charge in [-0.3, -0.25) is 0 Å². The first kappa shape index (κ1) is 17.5. The summed E-state index contributed by atoms with van der Waals surface area (Å²) in [5, 5.41) is 4.10. The fourth-order valence-electron chi connectivity index (χ4n) is 2.47. The number of aryl methyl sites for hydroxylation is 1. The van der Waals surface area contributed by atoms with Crippen LogP contribution in [-0.4, -0.2) is 16.6 Å². The second kappa shape index (κ2) is 8.16. The number of rotatable bonds is 6. The van der Waals surface area contributed by atoms with E-state index in [-0.39, 0.29) is 6.04 Å². The van der Waals surface area contributed by atoms with Crippen LogP contribution in [0.1, 0.15) is 44.6 Å². The first-order valence-corrected chi connectivity index (χ1v) is 8.56. The van der Waals surface area contributed by atoms with Gasteiger partial charge in [0.25, 0.3) is 0 Å². The molecule has 0 bridgehead atoms. The van der Waals surface area contributed by atoms with Crippen LogP contribution < -0.4 is 5.32 Å². The predicted molar refractivity (Wildman–Crippen MR) is 101 cm³/mol. The number of furan rings is 1. The molecule has 2 aromatic rings. The maximum atomic E-state index is 5.68. The topological polar surface area (TPSA) is 28.4 Å². The molecule has 1 heterocycles. The Morgan fingerprint density at radius 3 is 2.61 bits per heavy atom. The molecule has 1 atom stereocenters. The van der Waals surface area contributed by atoms with Crippen molar-refractivity contribution in [1.29, 1.82) is 0 Å². The lowest BCUT2D eigenvalue weighted by atomic mass is 10.1. The van der Waals surface area contributed by atoms with Gasteiger partial charge in [-0.25, -0.2) is 0 Å². The minimum atomic E-state index is 0.105. The molecular formula is C19H26N2OS. The smallest absolute Gasteiger partial charge is 0.174 e. The highest BCUT2D eigenvalue weighted by Gasteiger charge is 2.21. The summed E-state index contributed by atoms with van der Waals surface area (Å²) in [5.41, 5.74) is 2.24. The van der Waals surface area contributed by atoms with Crippen LogP contribution in [-0.2, 0) is 0 Å². The van der Waals surface area contributed by atoms with Crippen LogP contribution in [0.3, 0.4) is 0 Å². The number of nitrogens with zero attached hydrogens (tertiary/aromatic N) is 1. The van der Waals surface area contributed by atoms with Crippen molar-refractivity contribution in [1.82, 2.24) is 4.90 Å². The van der Waals surface area contributed by atoms with Crippen molar-refractivity contribution in [2.24, 2.45) is 5.92 Å². The molecule has 0 saturated carbocycles. The van der Waals surface area contributed by atoms with Gasteiger partial charge in [0.2, 0.25) is 0 Å². The van der Waals surface area contributed by atoms with Gasteiger partial charge in [0.05, 0.1) is 12.3 Å². The van der Waals surface area contributed by atoms with Crippen molar-refractivity contribution in [3.8, 4) is 0 Å². The Kier molecular flexibility index (Phi) is 6.22. The fourth-order valence-corrected chi connectivity index (χ4v) is 2.84. The molecule has 0 aliphatic carbocycles. The average Bonchev–Trinajstić information content (AvgIpc) is 3.01. The van der Waals surface area contributed by atoms with Crippen LogP contribution in [0.5, 0.6) is 0 Å². The Hall–Kier alpha value is -1.81. The van der Waals surface area contributed by atoms with Crippen LogP contribution in [0.15, 0.2) is 47.1 Å². The Morgan fingerprint density at radius 2 is 2.00 bits per heavy atom. The van der Waals surface area contributed by atoms with Crippen LogP contribution in [0.2, 0.25) is 0 Å². The summed E-state index contributed by atoms with van der Waals surface area (Å²) in [4.78, 5) is 2.20. The van der Waals surface area contributed by atoms with Gasteiger partial charge in [-0.15, -0.1) is 0 Å². The molecule has 124 valence electrons. The average molecular weight is 330 g/mol. The molecule has 2 rings (SSSR count). The Balaban J connectivity index is 2.13. The van der Waals surface area contributed by atoms with Crippen LogP contribution in [0.25, 0.3) is 0 Å². The highest BCUT2D eigenvalue weighted by Crippen LogP contribution is 2.23. The molecule has 0 fully saturated rings. The van der Waals surface area contributed by atoms with Crippen LogP contribution in [0, 0.1) is 12.8 Å². The molecule has 1 aromatic carbocycles. The third kappa shape index (κ3) is 5.10. The maximum Gasteiger partial charge on any atom is 0.174 e. The molecule has 0 spiro atoms. The van der Waals surface area contributed by atoms with E-state index in [1.165, 1.54) is 5.56 Å². The van der Waals surface area contributed by atoms with E-state index in [4.69, 9.17) is 16.6 Å². The van der Waals surface area contributed by atoms with E-state index in [9.17, 15) is 0 Å². The van der Waals surface area contributed by atoms with Crippen molar-refractivity contribution < 1.29 is 4.42 Å². The quantitative estimate of drug-likeness (QED) is 0.718. The van der Waals surface area contributed by atoms with Crippen molar-refractivity contribution in [2.75, 3.05) is 11.9 Å². The van der Waals surface area contributed by atoms with E-state index in [2.05, 4.69) is 50.0 Å². The molecule has 1 N–H and O–H groups in total. The zero-order chi connectivity index (χ0) is 16.8. The van der Waals surface area contributed by atoms with Crippen molar-refractivity contribution in [3.63, 3.8) is 0 Å². The van der Waals surface area contributed by atoms with Gasteiger partial charge in [0.15, 0.2) is 5.11 Å². The lowest BCUT2D eigenvalue weighted by molar-refractivity contribution is 0.281. The van der Waals surface area contributed by atoms with Gasteiger partial charge >= 0.3 is 0 Å². The van der Waals surface area contributed by atoms with Gasteiger partial charge in [-0.2, -0.15) is 0 Å². The second-order valence-electron chi connectivity index (χ2n) is 6.37. The highest BCUT2D eigenvalue weighted by atomic mass is 32.1. The summed E-state index contributed by atoms with van der Waals surface area (Å²) in [5.74, 6) is 1.56. The lowest BCUT2D eigenvalue weighted by Gasteiger charge is -2.31. The van der Waals surface area contributed by atoms with E-state index in [0.29, 0.717) is 5.92 Å². The maximum absolute atomic E-state index is 5.68. The standard InChI is InChI=1S/C19H26N2OS/c1-14(2)10-11-21(16(4)18-9-6-12-22-18)19(23)20-17-8-5-7-15(3)13-17/h5-9,12-14,16H,10-11H2,1-4H3,(H,20,23)/t16-/m1/s1. The van der Waals surface area contributed by atoms with E-state index in [1.54, 1.807) is 6.26 Å². The fraction of sp³-hybridized carbons (Fsp3) is 0.421. The SMILES string of the molecule is Cc1cccc(NC(=S)N(CCC(C)C)[C@H](C)c2ccco2)c1. The molecule has 0 radical (unpaired) electrons. The largest absolute Gasteiger partial charge is 0.467 e. The third-order valence-corrected chi connectivity index (χ3v) is 4.24. The predicted octanol–water partition coefficient (Wildman–Crippen LogP) is 5.39. The summed E-state index contributed by atoms with van der Waals surface area (Å²) >= 11 is 5.68. The molecule has 1 aromatic heterocycles. The van der Waals surface area contributed by atoms with Gasteiger partial charge in [0, 0.05) is 12.2 Å². The van der Waals surface area contributed by atoms with Crippen molar-refractivity contribution in [2.45, 2.75) is 40.2 Å². The lowest BCUT2D eigenvalue weighted by Crippen LogP contribution is -2.38. The number of benzene rings is 1. The molecule has 0 unspecified atom stereocenters. The second-order valence-corrected chi connectivity index (χ2v) is 6.75. The van der Waals surface area contributed by atoms with E-state index >= 15 is 0 Å². The molecule has 3 nitrogen and oxygen atoms in total. The van der Waals surface area contributed by atoms with Gasteiger partial charge < -0.3 is 14.6 Å². The van der Waals surface area contributed by atoms with E-state index in [1.807, 2.05) is 24.3 Å². The molecule has 4 heteroatoms. The summed E-state index contributed by atoms with van der Waals surface area (Å²) in [6.45, 7) is 9.57. The molecule has 23 heavy (non-hydrogen) atoms. The molecule has 0 aliphatic heterocycles. The van der Waals surface area contributed by atoms with Crippen molar-refractivity contribution >= 4 is 23.0 Å². The Labute approximate surface area is 144 Å². The number of hydrogen-bond donors (Lipinski definition) is 1. The van der Waals surface area contributed by atoms with Gasteiger partial charge in [0.1, 0.15) is 5.76 Å². The third-order valence-electron chi connectivity index (χ3n) is 3.90. The minimum Gasteiger partial charge on any atom is -0.467 e. The van der Waals surface area contributed by atoms with Crippen LogP contribution in [0.4, 0.5) is 5.69 Å². The van der Waals surface area contributed by atoms with Gasteiger partial charge in [-0.05, 0) is 68.2 Å². The zero-order valence-electron chi connectivity index (χ0n) is 14.4. The molecule has 0 aliphatic rings. The Bertz CT molecular complexity index is 622. The van der Waals surface area contributed by atoms with Crippen LogP contribution >= 0.6 is 12.2 Å². The summed E-state index contributed by atoms with van der Waals surface area (Å²) < 4.78 is 5.57. The number of thiocarbonyl (C=S) groups is 1. The summed E-state index contributed by atoms with van der Waals surface area (Å²) in [6, 6.07) is 12.3. The molecule has 0 amide bonds.